The third kappa shape index (κ3) is 2.97. The van der Waals surface area contributed by atoms with Crippen molar-refractivity contribution >= 4 is 11.0 Å². The molecule has 3 rings (SSSR count). The van der Waals surface area contributed by atoms with E-state index in [1.54, 1.807) is 0 Å². The molecule has 0 radical (unpaired) electrons. The number of hydrogen-bond acceptors (Lipinski definition) is 3. The van der Waals surface area contributed by atoms with Crippen LogP contribution in [0.2, 0.25) is 0 Å². The summed E-state index contributed by atoms with van der Waals surface area (Å²) in [4.78, 5) is 4.65. The molecule has 4 nitrogen and oxygen atoms in total. The average Bonchev–Trinajstić information content (AvgIpc) is 2.91. The van der Waals surface area contributed by atoms with Gasteiger partial charge in [0.25, 0.3) is 0 Å². The number of hydrogen-bond donors (Lipinski definition) is 1. The molecule has 4 heteroatoms. The van der Waals surface area contributed by atoms with Crippen molar-refractivity contribution in [2.75, 3.05) is 6.61 Å². The molecule has 0 atom stereocenters. The fourth-order valence-electron chi connectivity index (χ4n) is 2.57. The third-order valence-electron chi connectivity index (χ3n) is 3.64. The Bertz CT molecular complexity index is 750. The van der Waals surface area contributed by atoms with Crippen molar-refractivity contribution < 1.29 is 4.74 Å². The first-order valence-corrected chi connectivity index (χ1v) is 7.67. The van der Waals surface area contributed by atoms with Gasteiger partial charge in [0.2, 0.25) is 0 Å². The highest BCUT2D eigenvalue weighted by molar-refractivity contribution is 5.78. The molecule has 0 amide bonds. The van der Waals surface area contributed by atoms with Crippen LogP contribution in [0.4, 0.5) is 0 Å². The second-order valence-electron chi connectivity index (χ2n) is 5.30. The van der Waals surface area contributed by atoms with E-state index in [-0.39, 0.29) is 0 Å². The van der Waals surface area contributed by atoms with Crippen molar-refractivity contribution in [3.05, 3.63) is 59.9 Å². The van der Waals surface area contributed by atoms with Crippen LogP contribution in [-0.2, 0) is 13.1 Å². The van der Waals surface area contributed by atoms with Crippen LogP contribution in [0.3, 0.4) is 0 Å². The Morgan fingerprint density at radius 1 is 1.14 bits per heavy atom. The smallest absolute Gasteiger partial charge is 0.123 e. The Morgan fingerprint density at radius 3 is 2.68 bits per heavy atom. The maximum atomic E-state index is 5.87. The Kier molecular flexibility index (Phi) is 4.39. The van der Waals surface area contributed by atoms with E-state index in [0.29, 0.717) is 6.54 Å². The van der Waals surface area contributed by atoms with Crippen molar-refractivity contribution in [2.45, 2.75) is 26.4 Å². The van der Waals surface area contributed by atoms with Crippen molar-refractivity contribution in [1.29, 1.82) is 0 Å². The number of benzene rings is 2. The molecule has 22 heavy (non-hydrogen) atoms. The summed E-state index contributed by atoms with van der Waals surface area (Å²) < 4.78 is 7.86. The Hall–Kier alpha value is -2.33. The highest BCUT2D eigenvalue weighted by atomic mass is 16.5. The van der Waals surface area contributed by atoms with Crippen molar-refractivity contribution in [1.82, 2.24) is 9.55 Å². The molecule has 1 heterocycles. The summed E-state index contributed by atoms with van der Waals surface area (Å²) in [6.45, 7) is 4.02. The summed E-state index contributed by atoms with van der Waals surface area (Å²) >= 11 is 0. The molecular formula is C18H21N3O. The van der Waals surface area contributed by atoms with E-state index in [0.717, 1.165) is 42.2 Å². The van der Waals surface area contributed by atoms with E-state index in [1.807, 2.05) is 30.3 Å². The van der Waals surface area contributed by atoms with Gasteiger partial charge in [0, 0.05) is 12.6 Å². The van der Waals surface area contributed by atoms with Gasteiger partial charge >= 0.3 is 0 Å². The zero-order chi connectivity index (χ0) is 15.4. The monoisotopic (exact) mass is 295 g/mol. The number of nitrogens with zero attached hydrogens (tertiary/aromatic N) is 2. The van der Waals surface area contributed by atoms with Gasteiger partial charge in [-0.15, -0.1) is 0 Å². The first-order chi connectivity index (χ1) is 10.8. The molecular weight excluding hydrogens is 274 g/mol. The summed E-state index contributed by atoms with van der Waals surface area (Å²) in [7, 11) is 0. The number of ether oxygens (including phenoxy) is 1. The van der Waals surface area contributed by atoms with E-state index < -0.39 is 0 Å². The molecule has 0 spiro atoms. The Morgan fingerprint density at radius 2 is 1.95 bits per heavy atom. The number of imidazole rings is 1. The van der Waals surface area contributed by atoms with Gasteiger partial charge in [-0.25, -0.2) is 4.98 Å². The normalized spacial score (nSPS) is 11.0. The van der Waals surface area contributed by atoms with Crippen LogP contribution < -0.4 is 10.5 Å². The predicted octanol–water partition coefficient (Wildman–Crippen LogP) is 3.33. The Labute approximate surface area is 130 Å². The topological polar surface area (TPSA) is 53.1 Å². The second kappa shape index (κ2) is 6.62. The lowest BCUT2D eigenvalue weighted by Crippen LogP contribution is -2.09. The molecule has 0 saturated carbocycles. The van der Waals surface area contributed by atoms with Crippen molar-refractivity contribution in [3.63, 3.8) is 0 Å². The van der Waals surface area contributed by atoms with Crippen molar-refractivity contribution in [3.8, 4) is 5.75 Å². The maximum Gasteiger partial charge on any atom is 0.123 e. The first kappa shape index (κ1) is 14.6. The number of rotatable bonds is 6. The first-order valence-electron chi connectivity index (χ1n) is 7.67. The minimum absolute atomic E-state index is 0.423. The highest BCUT2D eigenvalue weighted by Gasteiger charge is 2.11. The fourth-order valence-corrected chi connectivity index (χ4v) is 2.57. The minimum Gasteiger partial charge on any atom is -0.494 e. The van der Waals surface area contributed by atoms with Crippen LogP contribution in [0.25, 0.3) is 11.0 Å². The highest BCUT2D eigenvalue weighted by Crippen LogP contribution is 2.23. The largest absolute Gasteiger partial charge is 0.494 e. The zero-order valence-electron chi connectivity index (χ0n) is 12.8. The quantitative estimate of drug-likeness (QED) is 0.759. The summed E-state index contributed by atoms with van der Waals surface area (Å²) in [5.41, 5.74) is 9.14. The van der Waals surface area contributed by atoms with Gasteiger partial charge in [0.05, 0.1) is 24.2 Å². The molecule has 0 unspecified atom stereocenters. The predicted molar refractivity (Wildman–Crippen MR) is 89.0 cm³/mol. The van der Waals surface area contributed by atoms with Gasteiger partial charge in [-0.05, 0) is 24.1 Å². The van der Waals surface area contributed by atoms with Gasteiger partial charge in [0.15, 0.2) is 0 Å². The third-order valence-corrected chi connectivity index (χ3v) is 3.64. The SMILES string of the molecule is CCCOc1ccc2c(c1)nc(CN)n2Cc1ccccc1. The van der Waals surface area contributed by atoms with E-state index in [9.17, 15) is 0 Å². The number of nitrogens with two attached hydrogens (primary N) is 1. The van der Waals surface area contributed by atoms with Gasteiger partial charge in [-0.1, -0.05) is 37.3 Å². The number of fused-ring (bicyclic) bond motifs is 1. The van der Waals surface area contributed by atoms with Gasteiger partial charge in [-0.3, -0.25) is 0 Å². The van der Waals surface area contributed by atoms with Gasteiger partial charge < -0.3 is 15.0 Å². The molecule has 2 aromatic carbocycles. The molecule has 0 fully saturated rings. The average molecular weight is 295 g/mol. The summed E-state index contributed by atoms with van der Waals surface area (Å²) in [6.07, 6.45) is 0.995. The lowest BCUT2D eigenvalue weighted by Gasteiger charge is -2.09. The maximum absolute atomic E-state index is 5.87. The van der Waals surface area contributed by atoms with E-state index in [4.69, 9.17) is 10.5 Å². The molecule has 0 aliphatic carbocycles. The lowest BCUT2D eigenvalue weighted by atomic mass is 10.2. The van der Waals surface area contributed by atoms with Crippen LogP contribution in [0.15, 0.2) is 48.5 Å². The fraction of sp³-hybridized carbons (Fsp3) is 0.278. The Balaban J connectivity index is 1.97. The molecule has 0 aliphatic rings. The van der Waals surface area contributed by atoms with Crippen LogP contribution in [0.1, 0.15) is 24.7 Å². The minimum atomic E-state index is 0.423. The van der Waals surface area contributed by atoms with E-state index in [1.165, 1.54) is 5.56 Å². The summed E-state index contributed by atoms with van der Waals surface area (Å²) in [5.74, 6) is 1.76. The molecule has 1 aromatic heterocycles. The van der Waals surface area contributed by atoms with Crippen molar-refractivity contribution in [2.24, 2.45) is 5.73 Å². The van der Waals surface area contributed by atoms with E-state index in [2.05, 4.69) is 34.7 Å². The number of aromatic nitrogens is 2. The molecule has 0 saturated heterocycles. The van der Waals surface area contributed by atoms with Crippen LogP contribution in [-0.4, -0.2) is 16.2 Å². The molecule has 0 aliphatic heterocycles. The molecule has 0 bridgehead atoms. The second-order valence-corrected chi connectivity index (χ2v) is 5.30. The lowest BCUT2D eigenvalue weighted by molar-refractivity contribution is 0.318. The zero-order valence-corrected chi connectivity index (χ0v) is 12.8. The summed E-state index contributed by atoms with van der Waals surface area (Å²) in [6, 6.07) is 16.4. The molecule has 114 valence electrons. The summed E-state index contributed by atoms with van der Waals surface area (Å²) in [5, 5.41) is 0. The molecule has 3 aromatic rings. The van der Waals surface area contributed by atoms with Crippen LogP contribution in [0.5, 0.6) is 5.75 Å². The van der Waals surface area contributed by atoms with Crippen LogP contribution in [0, 0.1) is 0 Å². The van der Waals surface area contributed by atoms with Crippen LogP contribution >= 0.6 is 0 Å². The van der Waals surface area contributed by atoms with Gasteiger partial charge in [0.1, 0.15) is 11.6 Å². The van der Waals surface area contributed by atoms with Gasteiger partial charge in [-0.2, -0.15) is 0 Å². The van der Waals surface area contributed by atoms with E-state index >= 15 is 0 Å². The molecule has 2 N–H and O–H groups in total. The standard InChI is InChI=1S/C18H21N3O/c1-2-10-22-15-8-9-17-16(11-15)20-18(12-19)21(17)13-14-6-4-3-5-7-14/h3-9,11H,2,10,12-13,19H2,1H3.